The number of hydrogen-bond donors (Lipinski definition) is 0. The molecule has 124 valence electrons. The number of ether oxygens (including phenoxy) is 1. The van der Waals surface area contributed by atoms with Crippen LogP contribution in [0.1, 0.15) is 15.9 Å². The molecular formula is C20H20BrNO2. The van der Waals surface area contributed by atoms with Gasteiger partial charge >= 0.3 is 0 Å². The van der Waals surface area contributed by atoms with Gasteiger partial charge in [0.2, 0.25) is 0 Å². The molecule has 1 fully saturated rings. The first-order valence-electron chi connectivity index (χ1n) is 8.08. The molecule has 3 rings (SSSR count). The maximum Gasteiger partial charge on any atom is 0.190 e. The van der Waals surface area contributed by atoms with Crippen LogP contribution in [-0.2, 0) is 4.74 Å². The minimum Gasteiger partial charge on any atom is -0.379 e. The first kappa shape index (κ1) is 17.1. The molecule has 2 aromatic rings. The molecule has 0 bridgehead atoms. The third kappa shape index (κ3) is 4.63. The van der Waals surface area contributed by atoms with Gasteiger partial charge in [0.15, 0.2) is 5.78 Å². The average Bonchev–Trinajstić information content (AvgIpc) is 2.63. The van der Waals surface area contributed by atoms with Crippen molar-refractivity contribution in [3.8, 4) is 0 Å². The van der Waals surface area contributed by atoms with Crippen molar-refractivity contribution < 1.29 is 9.53 Å². The van der Waals surface area contributed by atoms with E-state index in [0.717, 1.165) is 41.9 Å². The van der Waals surface area contributed by atoms with Crippen molar-refractivity contribution in [3.63, 3.8) is 0 Å². The number of Topliss-reactive ketones (excluding diaryl/α,β-unsaturated/α-hetero) is 1. The van der Waals surface area contributed by atoms with Crippen molar-refractivity contribution in [2.45, 2.75) is 0 Å². The monoisotopic (exact) mass is 385 g/mol. The zero-order chi connectivity index (χ0) is 16.8. The highest BCUT2D eigenvalue weighted by atomic mass is 79.9. The number of halogens is 1. The first-order valence-corrected chi connectivity index (χ1v) is 8.88. The van der Waals surface area contributed by atoms with Crippen molar-refractivity contribution >= 4 is 27.8 Å². The summed E-state index contributed by atoms with van der Waals surface area (Å²) in [6.07, 6.45) is 2.00. The van der Waals surface area contributed by atoms with E-state index in [2.05, 4.69) is 20.8 Å². The Hall–Kier alpha value is -1.75. The largest absolute Gasteiger partial charge is 0.379 e. The molecule has 24 heavy (non-hydrogen) atoms. The number of hydrogen-bond acceptors (Lipinski definition) is 3. The summed E-state index contributed by atoms with van der Waals surface area (Å²) in [6.45, 7) is 3.82. The zero-order valence-corrected chi connectivity index (χ0v) is 15.0. The Morgan fingerprint density at radius 2 is 1.71 bits per heavy atom. The second kappa shape index (κ2) is 8.38. The Kier molecular flexibility index (Phi) is 5.96. The van der Waals surface area contributed by atoms with Gasteiger partial charge < -0.3 is 4.74 Å². The number of morpholine rings is 1. The lowest BCUT2D eigenvalue weighted by atomic mass is 10.0. The quantitative estimate of drug-likeness (QED) is 0.574. The summed E-state index contributed by atoms with van der Waals surface area (Å²) in [4.78, 5) is 15.3. The summed E-state index contributed by atoms with van der Waals surface area (Å²) in [6, 6.07) is 17.5. The lowest BCUT2D eigenvalue weighted by molar-refractivity contribution is 0.0419. The van der Waals surface area contributed by atoms with Gasteiger partial charge in [0.05, 0.1) is 13.2 Å². The normalized spacial score (nSPS) is 16.1. The van der Waals surface area contributed by atoms with Crippen molar-refractivity contribution in [2.24, 2.45) is 0 Å². The van der Waals surface area contributed by atoms with Crippen LogP contribution in [0.4, 0.5) is 0 Å². The summed E-state index contributed by atoms with van der Waals surface area (Å²) in [5.41, 5.74) is 2.57. The number of nitrogens with zero attached hydrogens (tertiary/aromatic N) is 1. The van der Waals surface area contributed by atoms with E-state index in [1.165, 1.54) is 0 Å². The molecule has 0 aromatic heterocycles. The van der Waals surface area contributed by atoms with Gasteiger partial charge in [-0.1, -0.05) is 46.3 Å². The van der Waals surface area contributed by atoms with Gasteiger partial charge in [-0.15, -0.1) is 0 Å². The van der Waals surface area contributed by atoms with E-state index < -0.39 is 0 Å². The Bertz CT molecular complexity index is 704. The molecule has 4 heteroatoms. The van der Waals surface area contributed by atoms with E-state index in [-0.39, 0.29) is 5.78 Å². The standard InChI is InChI=1S/C20H20BrNO2/c21-19-8-6-17(7-9-19)20(23)18(14-16-4-2-1-3-5-16)15-22-10-12-24-13-11-22/h1-9,14H,10-13,15H2/b18-14-. The molecule has 0 N–H and O–H groups in total. The highest BCUT2D eigenvalue weighted by molar-refractivity contribution is 9.10. The molecule has 2 aromatic carbocycles. The summed E-state index contributed by atoms with van der Waals surface area (Å²) in [7, 11) is 0. The van der Waals surface area contributed by atoms with E-state index in [4.69, 9.17) is 4.74 Å². The van der Waals surface area contributed by atoms with E-state index in [0.29, 0.717) is 12.1 Å². The van der Waals surface area contributed by atoms with Crippen molar-refractivity contribution in [1.29, 1.82) is 0 Å². The maximum atomic E-state index is 13.0. The number of carbonyl (C=O) groups is 1. The highest BCUT2D eigenvalue weighted by Crippen LogP contribution is 2.17. The molecule has 0 aliphatic carbocycles. The Morgan fingerprint density at radius 3 is 2.38 bits per heavy atom. The molecule has 0 spiro atoms. The lowest BCUT2D eigenvalue weighted by Crippen LogP contribution is -2.38. The average molecular weight is 386 g/mol. The SMILES string of the molecule is O=C(/C(=C\c1ccccc1)CN1CCOCC1)c1ccc(Br)cc1. The first-order chi connectivity index (χ1) is 11.7. The number of ketones is 1. The second-order valence-corrected chi connectivity index (χ2v) is 6.72. The van der Waals surface area contributed by atoms with Crippen molar-refractivity contribution in [1.82, 2.24) is 4.90 Å². The van der Waals surface area contributed by atoms with Crippen LogP contribution in [0, 0.1) is 0 Å². The van der Waals surface area contributed by atoms with Crippen molar-refractivity contribution in [2.75, 3.05) is 32.8 Å². The van der Waals surface area contributed by atoms with E-state index in [1.54, 1.807) is 0 Å². The molecule has 1 aliphatic heterocycles. The molecule has 0 atom stereocenters. The van der Waals surface area contributed by atoms with Gasteiger partial charge in [-0.25, -0.2) is 0 Å². The highest BCUT2D eigenvalue weighted by Gasteiger charge is 2.18. The molecule has 0 radical (unpaired) electrons. The van der Waals surface area contributed by atoms with Crippen LogP contribution in [0.25, 0.3) is 6.08 Å². The van der Waals surface area contributed by atoms with Crippen LogP contribution in [0.3, 0.4) is 0 Å². The summed E-state index contributed by atoms with van der Waals surface area (Å²) < 4.78 is 6.38. The third-order valence-electron chi connectivity index (χ3n) is 4.04. The summed E-state index contributed by atoms with van der Waals surface area (Å²) in [5.74, 6) is 0.0813. The molecule has 1 aliphatic rings. The molecule has 0 unspecified atom stereocenters. The summed E-state index contributed by atoms with van der Waals surface area (Å²) in [5, 5.41) is 0. The van der Waals surface area contributed by atoms with Crippen LogP contribution in [-0.4, -0.2) is 43.5 Å². The van der Waals surface area contributed by atoms with Crippen molar-refractivity contribution in [3.05, 3.63) is 75.8 Å². The minimum absolute atomic E-state index is 0.0813. The molecule has 1 saturated heterocycles. The van der Waals surface area contributed by atoms with Gasteiger partial charge in [-0.05, 0) is 35.9 Å². The van der Waals surface area contributed by atoms with E-state index in [9.17, 15) is 4.79 Å². The fourth-order valence-corrected chi connectivity index (χ4v) is 2.98. The van der Waals surface area contributed by atoms with E-state index >= 15 is 0 Å². The molecule has 3 nitrogen and oxygen atoms in total. The van der Waals surface area contributed by atoms with Gasteiger partial charge in [0.25, 0.3) is 0 Å². The van der Waals surface area contributed by atoms with Crippen LogP contribution < -0.4 is 0 Å². The molecule has 0 amide bonds. The van der Waals surface area contributed by atoms with Gasteiger partial charge in [0.1, 0.15) is 0 Å². The molecule has 1 heterocycles. The second-order valence-electron chi connectivity index (χ2n) is 5.80. The lowest BCUT2D eigenvalue weighted by Gasteiger charge is -2.27. The minimum atomic E-state index is 0.0813. The fraction of sp³-hybridized carbons (Fsp3) is 0.250. The van der Waals surface area contributed by atoms with Crippen LogP contribution in [0.5, 0.6) is 0 Å². The zero-order valence-electron chi connectivity index (χ0n) is 13.5. The molecular weight excluding hydrogens is 366 g/mol. The predicted octanol–water partition coefficient (Wildman–Crippen LogP) is 4.05. The summed E-state index contributed by atoms with van der Waals surface area (Å²) >= 11 is 3.42. The van der Waals surface area contributed by atoms with Gasteiger partial charge in [-0.3, -0.25) is 9.69 Å². The van der Waals surface area contributed by atoms with Crippen LogP contribution in [0.2, 0.25) is 0 Å². The topological polar surface area (TPSA) is 29.5 Å². The predicted molar refractivity (Wildman–Crippen MR) is 100 cm³/mol. The van der Waals surface area contributed by atoms with E-state index in [1.807, 2.05) is 60.7 Å². The van der Waals surface area contributed by atoms with Gasteiger partial charge in [-0.2, -0.15) is 0 Å². The fourth-order valence-electron chi connectivity index (χ4n) is 2.72. The molecule has 0 saturated carbocycles. The van der Waals surface area contributed by atoms with Gasteiger partial charge in [0, 0.05) is 35.2 Å². The van der Waals surface area contributed by atoms with Crippen LogP contribution in [0.15, 0.2) is 64.6 Å². The number of carbonyl (C=O) groups excluding carboxylic acids is 1. The smallest absolute Gasteiger partial charge is 0.190 e. The van der Waals surface area contributed by atoms with Crippen LogP contribution >= 0.6 is 15.9 Å². The number of rotatable bonds is 5. The third-order valence-corrected chi connectivity index (χ3v) is 4.56. The Labute approximate surface area is 151 Å². The Balaban J connectivity index is 1.87. The number of benzene rings is 2. The Morgan fingerprint density at radius 1 is 1.04 bits per heavy atom. The maximum absolute atomic E-state index is 13.0.